The summed E-state index contributed by atoms with van der Waals surface area (Å²) in [7, 11) is 0. The summed E-state index contributed by atoms with van der Waals surface area (Å²) in [5, 5.41) is 0. The van der Waals surface area contributed by atoms with E-state index in [4.69, 9.17) is 0 Å². The molecule has 0 aromatic heterocycles. The van der Waals surface area contributed by atoms with Crippen LogP contribution >= 0.6 is 0 Å². The molecule has 0 heterocycles. The van der Waals surface area contributed by atoms with Crippen molar-refractivity contribution in [2.45, 2.75) is 26.4 Å². The first kappa shape index (κ1) is 10.5. The maximum Gasteiger partial charge on any atom is 0.130 e. The molecule has 0 radical (unpaired) electrons. The zero-order valence-electron chi connectivity index (χ0n) is 10.1. The van der Waals surface area contributed by atoms with Crippen LogP contribution in [-0.4, -0.2) is 0 Å². The van der Waals surface area contributed by atoms with E-state index < -0.39 is 6.17 Å². The number of fused-ring (bicyclic) bond motifs is 3. The first-order valence-corrected chi connectivity index (χ1v) is 5.99. The number of benzene rings is 2. The Bertz CT molecular complexity index is 584. The maximum atomic E-state index is 14.2. The van der Waals surface area contributed by atoms with Crippen molar-refractivity contribution < 1.29 is 4.39 Å². The highest BCUT2D eigenvalue weighted by molar-refractivity contribution is 5.74. The van der Waals surface area contributed by atoms with Crippen LogP contribution in [-0.2, 0) is 6.42 Å². The van der Waals surface area contributed by atoms with E-state index in [1.807, 2.05) is 19.1 Å². The van der Waals surface area contributed by atoms with Crippen LogP contribution in [0.5, 0.6) is 0 Å². The Kier molecular flexibility index (Phi) is 2.29. The summed E-state index contributed by atoms with van der Waals surface area (Å²) in [6.07, 6.45) is -0.354. The van der Waals surface area contributed by atoms with Gasteiger partial charge in [0.2, 0.25) is 0 Å². The molecule has 0 fully saturated rings. The summed E-state index contributed by atoms with van der Waals surface area (Å²) in [5.74, 6) is 0. The second kappa shape index (κ2) is 3.69. The van der Waals surface area contributed by atoms with E-state index in [0.29, 0.717) is 6.42 Å². The van der Waals surface area contributed by atoms with Gasteiger partial charge in [0.05, 0.1) is 0 Å². The molecule has 86 valence electrons. The molecule has 2 aromatic carbocycles. The lowest BCUT2D eigenvalue weighted by atomic mass is 9.83. The highest BCUT2D eigenvalue weighted by Crippen LogP contribution is 2.40. The van der Waals surface area contributed by atoms with Crippen molar-refractivity contribution in [3.63, 3.8) is 0 Å². The van der Waals surface area contributed by atoms with Crippen LogP contribution in [0.3, 0.4) is 0 Å². The van der Waals surface area contributed by atoms with Crippen LogP contribution in [0.15, 0.2) is 36.4 Å². The lowest BCUT2D eigenvalue weighted by Crippen LogP contribution is -2.08. The molecule has 1 unspecified atom stereocenters. The van der Waals surface area contributed by atoms with E-state index in [-0.39, 0.29) is 0 Å². The lowest BCUT2D eigenvalue weighted by molar-refractivity contribution is 0.340. The second-order valence-electron chi connectivity index (χ2n) is 4.92. The van der Waals surface area contributed by atoms with Gasteiger partial charge in [-0.3, -0.25) is 0 Å². The minimum absolute atomic E-state index is 0.507. The Labute approximate surface area is 101 Å². The second-order valence-corrected chi connectivity index (χ2v) is 4.92. The van der Waals surface area contributed by atoms with Crippen LogP contribution in [0.25, 0.3) is 11.1 Å². The fraction of sp³-hybridized carbons (Fsp3) is 0.250. The SMILES string of the molecule is Cc1ccc2c(c1)CC(F)c1cc(C)ccc1-2. The van der Waals surface area contributed by atoms with Gasteiger partial charge in [0.25, 0.3) is 0 Å². The Morgan fingerprint density at radius 1 is 0.941 bits per heavy atom. The Balaban J connectivity index is 2.26. The van der Waals surface area contributed by atoms with Gasteiger partial charge in [-0.1, -0.05) is 47.5 Å². The van der Waals surface area contributed by atoms with Gasteiger partial charge in [0, 0.05) is 6.42 Å². The van der Waals surface area contributed by atoms with Gasteiger partial charge in [-0.15, -0.1) is 0 Å². The number of hydrogen-bond acceptors (Lipinski definition) is 0. The monoisotopic (exact) mass is 226 g/mol. The van der Waals surface area contributed by atoms with E-state index in [9.17, 15) is 4.39 Å². The first-order chi connectivity index (χ1) is 8.15. The zero-order chi connectivity index (χ0) is 12.0. The van der Waals surface area contributed by atoms with Gasteiger partial charge < -0.3 is 0 Å². The van der Waals surface area contributed by atoms with Gasteiger partial charge in [-0.25, -0.2) is 4.39 Å². The fourth-order valence-electron chi connectivity index (χ4n) is 2.64. The number of alkyl halides is 1. The van der Waals surface area contributed by atoms with Gasteiger partial charge in [-0.2, -0.15) is 0 Å². The van der Waals surface area contributed by atoms with E-state index >= 15 is 0 Å². The van der Waals surface area contributed by atoms with E-state index in [2.05, 4.69) is 31.2 Å². The summed E-state index contributed by atoms with van der Waals surface area (Å²) in [6.45, 7) is 4.07. The molecule has 1 aliphatic carbocycles. The normalized spacial score (nSPS) is 17.5. The van der Waals surface area contributed by atoms with E-state index in [1.165, 1.54) is 11.1 Å². The highest BCUT2D eigenvalue weighted by Gasteiger charge is 2.24. The van der Waals surface area contributed by atoms with E-state index in [0.717, 1.165) is 22.3 Å². The van der Waals surface area contributed by atoms with Crippen molar-refractivity contribution in [1.82, 2.24) is 0 Å². The highest BCUT2D eigenvalue weighted by atomic mass is 19.1. The van der Waals surface area contributed by atoms with Crippen LogP contribution in [0, 0.1) is 13.8 Å². The molecule has 0 aliphatic heterocycles. The van der Waals surface area contributed by atoms with Gasteiger partial charge in [-0.05, 0) is 36.1 Å². The molecule has 1 aliphatic rings. The summed E-state index contributed by atoms with van der Waals surface area (Å²) in [4.78, 5) is 0. The fourth-order valence-corrected chi connectivity index (χ4v) is 2.64. The van der Waals surface area contributed by atoms with Crippen molar-refractivity contribution >= 4 is 0 Å². The maximum absolute atomic E-state index is 14.2. The summed E-state index contributed by atoms with van der Waals surface area (Å²) >= 11 is 0. The smallest absolute Gasteiger partial charge is 0.130 e. The molecular weight excluding hydrogens is 211 g/mol. The summed E-state index contributed by atoms with van der Waals surface area (Å²) in [6, 6.07) is 12.4. The Morgan fingerprint density at radius 3 is 2.35 bits per heavy atom. The molecule has 3 rings (SSSR count). The molecule has 0 nitrogen and oxygen atoms in total. The van der Waals surface area contributed by atoms with Crippen molar-refractivity contribution in [3.05, 3.63) is 58.7 Å². The van der Waals surface area contributed by atoms with E-state index in [1.54, 1.807) is 0 Å². The molecule has 0 N–H and O–H groups in total. The Morgan fingerprint density at radius 2 is 1.59 bits per heavy atom. The quantitative estimate of drug-likeness (QED) is 0.618. The molecule has 0 spiro atoms. The number of rotatable bonds is 0. The third-order valence-corrected chi connectivity index (χ3v) is 3.49. The van der Waals surface area contributed by atoms with Crippen LogP contribution in [0.2, 0.25) is 0 Å². The third kappa shape index (κ3) is 1.66. The number of hydrogen-bond donors (Lipinski definition) is 0. The molecular formula is C16H15F. The van der Waals surface area contributed by atoms with Crippen molar-refractivity contribution in [3.8, 4) is 11.1 Å². The standard InChI is InChI=1S/C16H15F/c1-10-3-5-13-12(7-10)9-16(17)15-8-11(2)4-6-14(13)15/h3-8,16H,9H2,1-2H3. The van der Waals surface area contributed by atoms with Crippen molar-refractivity contribution in [2.24, 2.45) is 0 Å². The molecule has 1 atom stereocenters. The summed E-state index contributed by atoms with van der Waals surface area (Å²) < 4.78 is 14.2. The zero-order valence-corrected chi connectivity index (χ0v) is 10.1. The van der Waals surface area contributed by atoms with Gasteiger partial charge in [0.1, 0.15) is 6.17 Å². The van der Waals surface area contributed by atoms with Crippen LogP contribution < -0.4 is 0 Å². The molecule has 0 amide bonds. The molecule has 0 saturated heterocycles. The van der Waals surface area contributed by atoms with Crippen LogP contribution in [0.1, 0.15) is 28.4 Å². The topological polar surface area (TPSA) is 0 Å². The molecule has 1 heteroatoms. The molecule has 2 aromatic rings. The minimum atomic E-state index is -0.862. The first-order valence-electron chi connectivity index (χ1n) is 5.99. The average molecular weight is 226 g/mol. The van der Waals surface area contributed by atoms with Crippen molar-refractivity contribution in [1.29, 1.82) is 0 Å². The van der Waals surface area contributed by atoms with Crippen molar-refractivity contribution in [2.75, 3.05) is 0 Å². The van der Waals surface area contributed by atoms with Gasteiger partial charge >= 0.3 is 0 Å². The summed E-state index contributed by atoms with van der Waals surface area (Å²) in [5.41, 5.74) is 6.56. The third-order valence-electron chi connectivity index (χ3n) is 3.49. The minimum Gasteiger partial charge on any atom is -0.242 e. The predicted molar refractivity (Wildman–Crippen MR) is 68.9 cm³/mol. The average Bonchev–Trinajstić information content (AvgIpc) is 2.29. The molecule has 0 bridgehead atoms. The molecule has 17 heavy (non-hydrogen) atoms. The lowest BCUT2D eigenvalue weighted by Gasteiger charge is -2.23. The Hall–Kier alpha value is -1.63. The number of halogens is 1. The molecule has 0 saturated carbocycles. The number of aryl methyl sites for hydroxylation is 2. The van der Waals surface area contributed by atoms with Crippen LogP contribution in [0.4, 0.5) is 4.39 Å². The van der Waals surface area contributed by atoms with Gasteiger partial charge in [0.15, 0.2) is 0 Å². The largest absolute Gasteiger partial charge is 0.242 e. The predicted octanol–water partition coefficient (Wildman–Crippen LogP) is 4.54.